The molecule has 32 heavy (non-hydrogen) atoms. The maximum Gasteiger partial charge on any atom is 0.341 e. The Balaban J connectivity index is 1.59. The number of nitrogens with zero attached hydrogens (tertiary/aromatic N) is 3. The lowest BCUT2D eigenvalue weighted by atomic mass is 10.1. The van der Waals surface area contributed by atoms with Gasteiger partial charge in [0, 0.05) is 25.4 Å². The summed E-state index contributed by atoms with van der Waals surface area (Å²) >= 11 is 0. The number of carbonyl (C=O) groups excluding carboxylic acids is 1. The van der Waals surface area contributed by atoms with Crippen molar-refractivity contribution in [3.8, 4) is 28.4 Å². The van der Waals surface area contributed by atoms with Gasteiger partial charge in [0.25, 0.3) is 5.56 Å². The van der Waals surface area contributed by atoms with E-state index >= 15 is 0 Å². The second-order valence-corrected chi connectivity index (χ2v) is 7.48. The Morgan fingerprint density at radius 2 is 1.84 bits per heavy atom. The van der Waals surface area contributed by atoms with E-state index in [0.717, 1.165) is 12.0 Å². The van der Waals surface area contributed by atoms with Crippen LogP contribution in [0.3, 0.4) is 0 Å². The minimum absolute atomic E-state index is 0.228. The first-order valence-corrected chi connectivity index (χ1v) is 10.3. The van der Waals surface area contributed by atoms with E-state index in [-0.39, 0.29) is 11.1 Å². The zero-order valence-corrected chi connectivity index (χ0v) is 17.5. The molecule has 0 aliphatic carbocycles. The van der Waals surface area contributed by atoms with Gasteiger partial charge in [0.05, 0.1) is 31.6 Å². The molecular formula is C24H21N3O5. The predicted molar refractivity (Wildman–Crippen MR) is 117 cm³/mol. The number of pyridine rings is 1. The summed E-state index contributed by atoms with van der Waals surface area (Å²) in [6.45, 7) is 1.64. The van der Waals surface area contributed by atoms with Gasteiger partial charge in [-0.05, 0) is 29.8 Å². The summed E-state index contributed by atoms with van der Waals surface area (Å²) < 4.78 is 19.5. The molecule has 0 bridgehead atoms. The van der Waals surface area contributed by atoms with Crippen molar-refractivity contribution in [2.24, 2.45) is 0 Å². The Labute approximate surface area is 183 Å². The normalized spacial score (nSPS) is 13.0. The van der Waals surface area contributed by atoms with Crippen molar-refractivity contribution < 1.29 is 19.0 Å². The molecule has 0 saturated heterocycles. The third-order valence-corrected chi connectivity index (χ3v) is 5.31. The van der Waals surface area contributed by atoms with Gasteiger partial charge in [0.2, 0.25) is 0 Å². The average molecular weight is 431 g/mol. The van der Waals surface area contributed by atoms with Gasteiger partial charge in [0.15, 0.2) is 11.5 Å². The summed E-state index contributed by atoms with van der Waals surface area (Å²) in [6.07, 6.45) is 4.19. The number of benzene rings is 2. The van der Waals surface area contributed by atoms with E-state index in [1.54, 1.807) is 29.1 Å². The van der Waals surface area contributed by atoms with Gasteiger partial charge in [-0.25, -0.2) is 4.79 Å². The molecule has 0 radical (unpaired) electrons. The van der Waals surface area contributed by atoms with Gasteiger partial charge in [0.1, 0.15) is 11.3 Å². The molecular weight excluding hydrogens is 410 g/mol. The Bertz CT molecular complexity index is 1310. The van der Waals surface area contributed by atoms with Crippen molar-refractivity contribution in [2.45, 2.75) is 13.0 Å². The number of aromatic nitrogens is 3. The summed E-state index contributed by atoms with van der Waals surface area (Å²) in [7, 11) is 1.31. The van der Waals surface area contributed by atoms with E-state index in [1.807, 2.05) is 36.4 Å². The number of rotatable bonds is 4. The molecule has 0 amide bonds. The van der Waals surface area contributed by atoms with Crippen LogP contribution in [0, 0.1) is 0 Å². The molecule has 3 heterocycles. The van der Waals surface area contributed by atoms with Crippen LogP contribution in [0.2, 0.25) is 0 Å². The average Bonchev–Trinajstić information content (AvgIpc) is 2.99. The highest BCUT2D eigenvalue weighted by Crippen LogP contribution is 2.31. The lowest BCUT2D eigenvalue weighted by Gasteiger charge is -2.13. The smallest absolute Gasteiger partial charge is 0.341 e. The van der Waals surface area contributed by atoms with Crippen LogP contribution in [0.1, 0.15) is 22.3 Å². The van der Waals surface area contributed by atoms with Crippen LogP contribution >= 0.6 is 0 Å². The molecule has 0 saturated carbocycles. The third kappa shape index (κ3) is 3.60. The zero-order valence-electron chi connectivity index (χ0n) is 17.5. The molecule has 0 fully saturated rings. The second-order valence-electron chi connectivity index (χ2n) is 7.48. The predicted octanol–water partition coefficient (Wildman–Crippen LogP) is 3.14. The number of methoxy groups -OCH3 is 1. The number of hydrogen-bond donors (Lipinski definition) is 0. The van der Waals surface area contributed by atoms with Crippen molar-refractivity contribution >= 4 is 5.97 Å². The minimum atomic E-state index is -0.555. The Hall–Kier alpha value is -4.07. The minimum Gasteiger partial charge on any atom is -0.490 e. The van der Waals surface area contributed by atoms with Crippen molar-refractivity contribution in [1.82, 2.24) is 14.3 Å². The zero-order chi connectivity index (χ0) is 22.1. The highest BCUT2D eigenvalue weighted by Gasteiger charge is 2.25. The fourth-order valence-electron chi connectivity index (χ4n) is 3.77. The number of hydrogen-bond acceptors (Lipinski definition) is 6. The summed E-state index contributed by atoms with van der Waals surface area (Å²) in [5.74, 6) is 0.852. The highest BCUT2D eigenvalue weighted by molar-refractivity contribution is 5.96. The van der Waals surface area contributed by atoms with Crippen LogP contribution in [0.5, 0.6) is 11.5 Å². The lowest BCUT2D eigenvalue weighted by Crippen LogP contribution is -2.15. The molecule has 162 valence electrons. The Kier molecular flexibility index (Phi) is 5.10. The number of esters is 1. The molecule has 0 N–H and O–H groups in total. The highest BCUT2D eigenvalue weighted by atomic mass is 16.5. The lowest BCUT2D eigenvalue weighted by molar-refractivity contribution is 0.0600. The van der Waals surface area contributed by atoms with Crippen LogP contribution in [0.15, 0.2) is 65.7 Å². The first-order valence-electron chi connectivity index (χ1n) is 10.3. The van der Waals surface area contributed by atoms with E-state index < -0.39 is 5.97 Å². The maximum atomic E-state index is 13.1. The molecule has 0 atom stereocenters. The molecule has 5 rings (SSSR count). The SMILES string of the molecule is COC(=O)c1cn(Cc2ccc3c(c2)OCCCO3)cc2c(=O)n(-c3ccccc3)nc1-2. The van der Waals surface area contributed by atoms with Gasteiger partial charge >= 0.3 is 5.97 Å². The number of ether oxygens (including phenoxy) is 3. The fraction of sp³-hybridized carbons (Fsp3) is 0.208. The van der Waals surface area contributed by atoms with Gasteiger partial charge in [-0.2, -0.15) is 9.78 Å². The van der Waals surface area contributed by atoms with Gasteiger partial charge in [-0.15, -0.1) is 0 Å². The topological polar surface area (TPSA) is 84.6 Å². The van der Waals surface area contributed by atoms with E-state index in [4.69, 9.17) is 14.2 Å². The van der Waals surface area contributed by atoms with E-state index in [9.17, 15) is 9.59 Å². The van der Waals surface area contributed by atoms with Crippen molar-refractivity contribution in [3.05, 3.63) is 82.4 Å². The van der Waals surface area contributed by atoms with Crippen molar-refractivity contribution in [2.75, 3.05) is 20.3 Å². The van der Waals surface area contributed by atoms with E-state index in [2.05, 4.69) is 5.10 Å². The van der Waals surface area contributed by atoms with E-state index in [0.29, 0.717) is 48.2 Å². The molecule has 8 heteroatoms. The largest absolute Gasteiger partial charge is 0.490 e. The standard InChI is InChI=1S/C24H21N3O5/c1-30-24(29)19-15-26(13-16-8-9-20-21(12-16)32-11-5-10-31-20)14-18-22(19)25-27(23(18)28)17-6-3-2-4-7-17/h2-4,6-9,12,14-15H,5,10-11,13H2,1H3. The molecule has 3 aliphatic rings. The molecule has 2 aromatic rings. The number of fused-ring (bicyclic) bond motifs is 2. The molecule has 0 aromatic heterocycles. The summed E-state index contributed by atoms with van der Waals surface area (Å²) in [5.41, 5.74) is 2.14. The summed E-state index contributed by atoms with van der Waals surface area (Å²) in [4.78, 5) is 25.6. The second kappa shape index (κ2) is 8.22. The summed E-state index contributed by atoms with van der Waals surface area (Å²) in [5, 5.41) is 4.42. The molecule has 0 unspecified atom stereocenters. The van der Waals surface area contributed by atoms with Crippen LogP contribution in [0.4, 0.5) is 0 Å². The van der Waals surface area contributed by atoms with Crippen molar-refractivity contribution in [1.29, 1.82) is 0 Å². The quantitative estimate of drug-likeness (QED) is 0.462. The molecule has 8 nitrogen and oxygen atoms in total. The molecule has 0 spiro atoms. The van der Waals surface area contributed by atoms with Crippen LogP contribution in [0.25, 0.3) is 16.9 Å². The van der Waals surface area contributed by atoms with Crippen LogP contribution in [-0.4, -0.2) is 40.6 Å². The van der Waals surface area contributed by atoms with Gasteiger partial charge < -0.3 is 18.8 Å². The summed E-state index contributed by atoms with van der Waals surface area (Å²) in [6, 6.07) is 14.8. The fourth-order valence-corrected chi connectivity index (χ4v) is 3.77. The van der Waals surface area contributed by atoms with Crippen molar-refractivity contribution in [3.63, 3.8) is 0 Å². The monoisotopic (exact) mass is 431 g/mol. The Morgan fingerprint density at radius 3 is 2.62 bits per heavy atom. The Morgan fingerprint density at radius 1 is 1.06 bits per heavy atom. The molecule has 3 aliphatic heterocycles. The third-order valence-electron chi connectivity index (χ3n) is 5.31. The van der Waals surface area contributed by atoms with Crippen LogP contribution in [-0.2, 0) is 11.3 Å². The van der Waals surface area contributed by atoms with E-state index in [1.165, 1.54) is 11.8 Å². The number of carbonyl (C=O) groups is 1. The number of para-hydroxylation sites is 1. The first-order chi connectivity index (χ1) is 15.6. The molecule has 2 aromatic carbocycles. The first kappa shape index (κ1) is 19.9. The van der Waals surface area contributed by atoms with Gasteiger partial charge in [-0.3, -0.25) is 4.79 Å². The van der Waals surface area contributed by atoms with Gasteiger partial charge in [-0.1, -0.05) is 24.3 Å². The van der Waals surface area contributed by atoms with Crippen LogP contribution < -0.4 is 15.0 Å². The maximum absolute atomic E-state index is 13.1.